The van der Waals surface area contributed by atoms with Gasteiger partial charge < -0.3 is 10.1 Å². The molecule has 0 aromatic heterocycles. The average Bonchev–Trinajstić information content (AvgIpc) is 2.43. The molecule has 0 saturated heterocycles. The molecule has 118 valence electrons. The molecular formula is C18H28FNO. The fraction of sp³-hybridized carbons (Fsp3) is 0.667. The Bertz CT molecular complexity index is 443. The number of hydrogen-bond donors (Lipinski definition) is 1. The highest BCUT2D eigenvalue weighted by molar-refractivity contribution is 5.26. The number of halogens is 1. The van der Waals surface area contributed by atoms with Gasteiger partial charge in [0.1, 0.15) is 5.82 Å². The number of rotatable bonds is 8. The molecule has 1 aliphatic rings. The van der Waals surface area contributed by atoms with Crippen LogP contribution in [0.1, 0.15) is 56.7 Å². The van der Waals surface area contributed by atoms with Gasteiger partial charge in [0, 0.05) is 12.6 Å². The van der Waals surface area contributed by atoms with E-state index < -0.39 is 0 Å². The number of hydrogen-bond acceptors (Lipinski definition) is 2. The normalized spacial score (nSPS) is 22.9. The summed E-state index contributed by atoms with van der Waals surface area (Å²) >= 11 is 0. The molecule has 1 atom stereocenters. The van der Waals surface area contributed by atoms with E-state index in [9.17, 15) is 4.39 Å². The molecule has 0 aliphatic heterocycles. The predicted molar refractivity (Wildman–Crippen MR) is 84.9 cm³/mol. The Morgan fingerprint density at radius 3 is 2.71 bits per heavy atom. The Labute approximate surface area is 128 Å². The summed E-state index contributed by atoms with van der Waals surface area (Å²) in [7, 11) is 0. The summed E-state index contributed by atoms with van der Waals surface area (Å²) in [5, 5.41) is 3.57. The van der Waals surface area contributed by atoms with E-state index >= 15 is 0 Å². The van der Waals surface area contributed by atoms with Crippen molar-refractivity contribution in [2.45, 2.75) is 58.6 Å². The molecule has 2 rings (SSSR count). The molecule has 0 radical (unpaired) electrons. The SMILES string of the molecule is CCCNC(CC1CC(OCC)C1)c1ccc(C)c(F)c1. The average molecular weight is 293 g/mol. The third-order valence-electron chi connectivity index (χ3n) is 4.40. The van der Waals surface area contributed by atoms with Crippen LogP contribution in [0.15, 0.2) is 18.2 Å². The van der Waals surface area contributed by atoms with Gasteiger partial charge in [0.15, 0.2) is 0 Å². The van der Waals surface area contributed by atoms with Gasteiger partial charge in [0.25, 0.3) is 0 Å². The summed E-state index contributed by atoms with van der Waals surface area (Å²) in [5.74, 6) is 0.594. The molecule has 1 saturated carbocycles. The second kappa shape index (κ2) is 7.90. The highest BCUT2D eigenvalue weighted by atomic mass is 19.1. The van der Waals surface area contributed by atoms with Crippen molar-refractivity contribution in [2.75, 3.05) is 13.2 Å². The lowest BCUT2D eigenvalue weighted by molar-refractivity contribution is -0.0291. The van der Waals surface area contributed by atoms with Gasteiger partial charge in [-0.3, -0.25) is 0 Å². The number of ether oxygens (including phenoxy) is 1. The van der Waals surface area contributed by atoms with Crippen LogP contribution >= 0.6 is 0 Å². The van der Waals surface area contributed by atoms with Gasteiger partial charge in [-0.15, -0.1) is 0 Å². The van der Waals surface area contributed by atoms with Crippen molar-refractivity contribution in [2.24, 2.45) is 5.92 Å². The van der Waals surface area contributed by atoms with Crippen LogP contribution in [0.5, 0.6) is 0 Å². The van der Waals surface area contributed by atoms with E-state index in [-0.39, 0.29) is 11.9 Å². The molecule has 0 amide bonds. The lowest BCUT2D eigenvalue weighted by Crippen LogP contribution is -2.35. The zero-order valence-electron chi connectivity index (χ0n) is 13.5. The van der Waals surface area contributed by atoms with Crippen molar-refractivity contribution in [1.29, 1.82) is 0 Å². The third kappa shape index (κ3) is 4.52. The molecule has 1 aliphatic carbocycles. The lowest BCUT2D eigenvalue weighted by Gasteiger charge is -2.37. The molecule has 1 aromatic rings. The maximum Gasteiger partial charge on any atom is 0.126 e. The maximum atomic E-state index is 13.8. The number of nitrogens with one attached hydrogen (secondary N) is 1. The van der Waals surface area contributed by atoms with Crippen LogP contribution in [0.4, 0.5) is 4.39 Å². The Balaban J connectivity index is 1.96. The van der Waals surface area contributed by atoms with E-state index in [0.29, 0.717) is 17.6 Å². The molecule has 1 aromatic carbocycles. The standard InChI is InChI=1S/C18H28FNO/c1-4-8-20-18(11-14-9-16(10-14)21-5-2)15-7-6-13(3)17(19)12-15/h6-7,12,14,16,18,20H,4-5,8-11H2,1-3H3. The van der Waals surface area contributed by atoms with Crippen molar-refractivity contribution >= 4 is 0 Å². The molecule has 0 spiro atoms. The zero-order valence-corrected chi connectivity index (χ0v) is 13.5. The van der Waals surface area contributed by atoms with E-state index in [4.69, 9.17) is 4.74 Å². The topological polar surface area (TPSA) is 21.3 Å². The largest absolute Gasteiger partial charge is 0.378 e. The molecule has 0 heterocycles. The quantitative estimate of drug-likeness (QED) is 0.768. The summed E-state index contributed by atoms with van der Waals surface area (Å²) in [6.45, 7) is 7.80. The van der Waals surface area contributed by atoms with Crippen molar-refractivity contribution in [3.05, 3.63) is 35.1 Å². The van der Waals surface area contributed by atoms with Gasteiger partial charge in [0.2, 0.25) is 0 Å². The van der Waals surface area contributed by atoms with Crippen LogP contribution in [0.3, 0.4) is 0 Å². The van der Waals surface area contributed by atoms with Gasteiger partial charge in [0.05, 0.1) is 6.10 Å². The Hall–Kier alpha value is -0.930. The first kappa shape index (κ1) is 16.4. The summed E-state index contributed by atoms with van der Waals surface area (Å²) in [6.07, 6.45) is 4.91. The van der Waals surface area contributed by atoms with E-state index in [1.54, 1.807) is 6.07 Å². The van der Waals surface area contributed by atoms with Crippen LogP contribution in [-0.4, -0.2) is 19.3 Å². The van der Waals surface area contributed by atoms with Crippen LogP contribution in [-0.2, 0) is 4.74 Å². The molecule has 1 N–H and O–H groups in total. The van der Waals surface area contributed by atoms with Gasteiger partial charge in [-0.2, -0.15) is 0 Å². The summed E-state index contributed by atoms with van der Waals surface area (Å²) < 4.78 is 19.4. The number of benzene rings is 1. The van der Waals surface area contributed by atoms with Crippen molar-refractivity contribution < 1.29 is 9.13 Å². The monoisotopic (exact) mass is 293 g/mol. The Morgan fingerprint density at radius 1 is 1.33 bits per heavy atom. The van der Waals surface area contributed by atoms with Crippen molar-refractivity contribution in [3.8, 4) is 0 Å². The van der Waals surface area contributed by atoms with Crippen LogP contribution in [0.2, 0.25) is 0 Å². The fourth-order valence-electron chi connectivity index (χ4n) is 3.05. The first-order valence-corrected chi connectivity index (χ1v) is 8.25. The highest BCUT2D eigenvalue weighted by Crippen LogP contribution is 2.37. The highest BCUT2D eigenvalue weighted by Gasteiger charge is 2.31. The maximum absolute atomic E-state index is 13.8. The van der Waals surface area contributed by atoms with E-state index in [1.807, 2.05) is 19.9 Å². The van der Waals surface area contributed by atoms with E-state index in [1.165, 1.54) is 0 Å². The molecule has 1 unspecified atom stereocenters. The van der Waals surface area contributed by atoms with Crippen molar-refractivity contribution in [3.63, 3.8) is 0 Å². The molecule has 1 fully saturated rings. The van der Waals surface area contributed by atoms with Gasteiger partial charge >= 0.3 is 0 Å². The van der Waals surface area contributed by atoms with Gasteiger partial charge in [-0.1, -0.05) is 19.1 Å². The minimum absolute atomic E-state index is 0.100. The minimum Gasteiger partial charge on any atom is -0.378 e. The Morgan fingerprint density at radius 2 is 2.10 bits per heavy atom. The van der Waals surface area contributed by atoms with Crippen molar-refractivity contribution in [1.82, 2.24) is 5.32 Å². The fourth-order valence-corrected chi connectivity index (χ4v) is 3.05. The molecule has 0 bridgehead atoms. The zero-order chi connectivity index (χ0) is 15.2. The van der Waals surface area contributed by atoms with Crippen LogP contribution in [0, 0.1) is 18.7 Å². The second-order valence-corrected chi connectivity index (χ2v) is 6.17. The smallest absolute Gasteiger partial charge is 0.126 e. The summed E-state index contributed by atoms with van der Waals surface area (Å²) in [4.78, 5) is 0. The van der Waals surface area contributed by atoms with Crippen LogP contribution < -0.4 is 5.32 Å². The first-order valence-electron chi connectivity index (χ1n) is 8.25. The van der Waals surface area contributed by atoms with E-state index in [2.05, 4.69) is 18.3 Å². The first-order chi connectivity index (χ1) is 10.1. The molecular weight excluding hydrogens is 265 g/mol. The summed E-state index contributed by atoms with van der Waals surface area (Å²) in [5.41, 5.74) is 1.79. The minimum atomic E-state index is -0.100. The molecule has 3 heteroatoms. The second-order valence-electron chi connectivity index (χ2n) is 6.17. The van der Waals surface area contributed by atoms with Gasteiger partial charge in [-0.05, 0) is 69.2 Å². The number of aryl methyl sites for hydroxylation is 1. The molecule has 2 nitrogen and oxygen atoms in total. The third-order valence-corrected chi connectivity index (χ3v) is 4.40. The summed E-state index contributed by atoms with van der Waals surface area (Å²) in [6, 6.07) is 5.90. The Kier molecular flexibility index (Phi) is 6.19. The van der Waals surface area contributed by atoms with Crippen LogP contribution in [0.25, 0.3) is 0 Å². The lowest BCUT2D eigenvalue weighted by atomic mass is 9.77. The van der Waals surface area contributed by atoms with E-state index in [0.717, 1.165) is 44.4 Å². The predicted octanol–water partition coefficient (Wildman–Crippen LogP) is 4.38. The van der Waals surface area contributed by atoms with Gasteiger partial charge in [-0.25, -0.2) is 4.39 Å². The molecule has 21 heavy (non-hydrogen) atoms.